The summed E-state index contributed by atoms with van der Waals surface area (Å²) < 4.78 is 0. The Morgan fingerprint density at radius 3 is 2.90 bits per heavy atom. The Bertz CT molecular complexity index is 167. The van der Waals surface area contributed by atoms with Gasteiger partial charge in [-0.25, -0.2) is 0 Å². The number of hydrogen-bond donors (Lipinski definition) is 2. The van der Waals surface area contributed by atoms with Gasteiger partial charge in [0.05, 0.1) is 0 Å². The highest BCUT2D eigenvalue weighted by atomic mass is 32.1. The minimum atomic E-state index is 0.318. The first-order valence-electron chi connectivity index (χ1n) is 3.80. The van der Waals surface area contributed by atoms with Gasteiger partial charge in [0.2, 0.25) is 0 Å². The van der Waals surface area contributed by atoms with Crippen LogP contribution >= 0.6 is 12.6 Å². The van der Waals surface area contributed by atoms with Crippen molar-refractivity contribution in [1.29, 1.82) is 0 Å². The van der Waals surface area contributed by atoms with Crippen LogP contribution in [0.3, 0.4) is 0 Å². The van der Waals surface area contributed by atoms with Crippen LogP contribution in [-0.2, 0) is 0 Å². The summed E-state index contributed by atoms with van der Waals surface area (Å²) >= 11 is 4.41. The highest BCUT2D eigenvalue weighted by Crippen LogP contribution is 2.51. The maximum atomic E-state index is 8.90. The topological polar surface area (TPSA) is 20.2 Å². The molecule has 0 radical (unpaired) electrons. The summed E-state index contributed by atoms with van der Waals surface area (Å²) in [5.74, 6) is 1.95. The van der Waals surface area contributed by atoms with Crippen molar-refractivity contribution in [2.75, 3.05) is 6.61 Å². The Balaban J connectivity index is 2.09. The monoisotopic (exact) mass is 156 g/mol. The molecule has 10 heavy (non-hydrogen) atoms. The van der Waals surface area contributed by atoms with E-state index in [-0.39, 0.29) is 0 Å². The first kappa shape index (κ1) is 6.74. The Morgan fingerprint density at radius 1 is 1.40 bits per heavy atom. The molecule has 1 nitrogen and oxygen atoms in total. The lowest BCUT2D eigenvalue weighted by Crippen LogP contribution is -2.14. The summed E-state index contributed by atoms with van der Waals surface area (Å²) in [4.78, 5) is 0. The van der Waals surface area contributed by atoms with Gasteiger partial charge in [-0.15, -0.1) is 0 Å². The lowest BCUT2D eigenvalue weighted by molar-refractivity contribution is 0.232. The van der Waals surface area contributed by atoms with Gasteiger partial charge in [-0.2, -0.15) is 12.6 Å². The van der Waals surface area contributed by atoms with Crippen molar-refractivity contribution in [3.8, 4) is 0 Å². The molecule has 0 aromatic heterocycles. The predicted molar refractivity (Wildman–Crippen MR) is 44.1 cm³/mol. The normalized spacial score (nSPS) is 50.6. The third-order valence-corrected chi connectivity index (χ3v) is 3.20. The number of fused-ring (bicyclic) bond motifs is 1. The van der Waals surface area contributed by atoms with Gasteiger partial charge in [0, 0.05) is 17.8 Å². The van der Waals surface area contributed by atoms with Crippen molar-refractivity contribution in [3.05, 3.63) is 12.2 Å². The van der Waals surface area contributed by atoms with E-state index in [9.17, 15) is 0 Å². The van der Waals surface area contributed by atoms with E-state index in [0.29, 0.717) is 17.8 Å². The van der Waals surface area contributed by atoms with Crippen LogP contribution in [0.4, 0.5) is 0 Å². The summed E-state index contributed by atoms with van der Waals surface area (Å²) in [6.45, 7) is 0.318. The molecule has 2 aliphatic carbocycles. The van der Waals surface area contributed by atoms with Crippen molar-refractivity contribution in [3.63, 3.8) is 0 Å². The van der Waals surface area contributed by atoms with Gasteiger partial charge in [0.25, 0.3) is 0 Å². The smallest absolute Gasteiger partial charge is 0.0496 e. The van der Waals surface area contributed by atoms with Gasteiger partial charge >= 0.3 is 0 Å². The fraction of sp³-hybridized carbons (Fsp3) is 0.750. The molecule has 1 N–H and O–H groups in total. The minimum absolute atomic E-state index is 0.318. The number of hydrogen-bond acceptors (Lipinski definition) is 2. The summed E-state index contributed by atoms with van der Waals surface area (Å²) in [6, 6.07) is 0. The molecular formula is C8H12OS. The number of aliphatic hydroxyl groups is 1. The van der Waals surface area contributed by atoms with E-state index in [0.717, 1.165) is 11.8 Å². The van der Waals surface area contributed by atoms with E-state index < -0.39 is 0 Å². The molecule has 0 aromatic rings. The van der Waals surface area contributed by atoms with Crippen LogP contribution in [0.2, 0.25) is 0 Å². The summed E-state index contributed by atoms with van der Waals surface area (Å²) in [6.07, 6.45) is 5.51. The largest absolute Gasteiger partial charge is 0.396 e. The van der Waals surface area contributed by atoms with Crippen LogP contribution in [0, 0.1) is 17.8 Å². The van der Waals surface area contributed by atoms with Crippen molar-refractivity contribution in [1.82, 2.24) is 0 Å². The van der Waals surface area contributed by atoms with E-state index in [1.807, 2.05) is 0 Å². The molecule has 0 spiro atoms. The molecule has 2 aliphatic rings. The van der Waals surface area contributed by atoms with Crippen LogP contribution in [0.15, 0.2) is 12.2 Å². The van der Waals surface area contributed by atoms with Crippen molar-refractivity contribution < 1.29 is 5.11 Å². The van der Waals surface area contributed by atoms with Gasteiger partial charge in [-0.05, 0) is 18.3 Å². The van der Waals surface area contributed by atoms with Gasteiger partial charge < -0.3 is 5.11 Å². The average Bonchev–Trinajstić information content (AvgIpc) is 2.68. The molecule has 56 valence electrons. The molecule has 0 amide bonds. The number of aliphatic hydroxyl groups excluding tert-OH is 1. The molecule has 4 atom stereocenters. The first-order valence-corrected chi connectivity index (χ1v) is 4.32. The molecule has 0 saturated heterocycles. The summed E-state index contributed by atoms with van der Waals surface area (Å²) in [7, 11) is 0. The zero-order valence-corrected chi connectivity index (χ0v) is 6.67. The molecule has 2 rings (SSSR count). The molecule has 0 bridgehead atoms. The van der Waals surface area contributed by atoms with E-state index in [1.54, 1.807) is 0 Å². The zero-order chi connectivity index (χ0) is 7.14. The van der Waals surface area contributed by atoms with Crippen LogP contribution < -0.4 is 0 Å². The molecule has 0 aromatic carbocycles. The molecule has 1 fully saturated rings. The zero-order valence-electron chi connectivity index (χ0n) is 5.77. The van der Waals surface area contributed by atoms with Gasteiger partial charge in [-0.3, -0.25) is 0 Å². The third-order valence-electron chi connectivity index (χ3n) is 2.65. The highest BCUT2D eigenvalue weighted by molar-refractivity contribution is 7.81. The summed E-state index contributed by atoms with van der Waals surface area (Å²) in [5, 5.41) is 9.36. The number of thiol groups is 1. The van der Waals surface area contributed by atoms with Crippen LogP contribution in [0.25, 0.3) is 0 Å². The van der Waals surface area contributed by atoms with Crippen LogP contribution in [0.1, 0.15) is 6.42 Å². The molecule has 4 unspecified atom stereocenters. The second-order valence-corrected chi connectivity index (χ2v) is 3.88. The third kappa shape index (κ3) is 0.903. The van der Waals surface area contributed by atoms with E-state index in [2.05, 4.69) is 24.8 Å². The SMILES string of the molecule is OCC1C=CC(S)C2CC12. The molecular weight excluding hydrogens is 144 g/mol. The minimum Gasteiger partial charge on any atom is -0.396 e. The molecule has 2 heteroatoms. The Hall–Kier alpha value is 0.0500. The maximum Gasteiger partial charge on any atom is 0.0496 e. The standard InChI is InChI=1S/C8H12OS/c9-4-5-1-2-8(10)7-3-6(5)7/h1-2,5-10H,3-4H2. The quantitative estimate of drug-likeness (QED) is 0.430. The summed E-state index contributed by atoms with van der Waals surface area (Å²) in [5.41, 5.74) is 0. The van der Waals surface area contributed by atoms with Crippen LogP contribution in [0.5, 0.6) is 0 Å². The van der Waals surface area contributed by atoms with E-state index in [1.165, 1.54) is 6.42 Å². The molecule has 0 aliphatic heterocycles. The molecule has 0 heterocycles. The molecule has 1 saturated carbocycles. The van der Waals surface area contributed by atoms with Gasteiger partial charge in [0.15, 0.2) is 0 Å². The first-order chi connectivity index (χ1) is 4.83. The van der Waals surface area contributed by atoms with Gasteiger partial charge in [0.1, 0.15) is 0 Å². The Labute approximate surface area is 66.5 Å². The van der Waals surface area contributed by atoms with Crippen LogP contribution in [-0.4, -0.2) is 17.0 Å². The van der Waals surface area contributed by atoms with Gasteiger partial charge in [-0.1, -0.05) is 12.2 Å². The Morgan fingerprint density at radius 2 is 2.20 bits per heavy atom. The lowest BCUT2D eigenvalue weighted by Gasteiger charge is -2.16. The highest BCUT2D eigenvalue weighted by Gasteiger charge is 2.46. The predicted octanol–water partition coefficient (Wildman–Crippen LogP) is 1.10. The number of rotatable bonds is 1. The Kier molecular flexibility index (Phi) is 1.53. The van der Waals surface area contributed by atoms with Crippen molar-refractivity contribution in [2.24, 2.45) is 17.8 Å². The fourth-order valence-corrected chi connectivity index (χ4v) is 2.30. The second kappa shape index (κ2) is 2.28. The fourth-order valence-electron chi connectivity index (χ4n) is 1.86. The van der Waals surface area contributed by atoms with Crippen molar-refractivity contribution in [2.45, 2.75) is 11.7 Å². The van der Waals surface area contributed by atoms with E-state index >= 15 is 0 Å². The average molecular weight is 156 g/mol. The maximum absolute atomic E-state index is 8.90. The van der Waals surface area contributed by atoms with Crippen molar-refractivity contribution >= 4 is 12.6 Å². The van der Waals surface area contributed by atoms with E-state index in [4.69, 9.17) is 5.11 Å². The second-order valence-electron chi connectivity index (χ2n) is 3.29. The lowest BCUT2D eigenvalue weighted by atomic mass is 9.96.